The van der Waals surface area contributed by atoms with Crippen LogP contribution in [0.25, 0.3) is 0 Å². The first-order valence-electron chi connectivity index (χ1n) is 7.80. The van der Waals surface area contributed by atoms with Gasteiger partial charge in [-0.3, -0.25) is 0 Å². The van der Waals surface area contributed by atoms with Crippen LogP contribution in [0.5, 0.6) is 5.75 Å². The minimum atomic E-state index is 0.121. The highest BCUT2D eigenvalue weighted by molar-refractivity contribution is 6.30. The largest absolute Gasteiger partial charge is 0.497 e. The zero-order valence-corrected chi connectivity index (χ0v) is 13.9. The summed E-state index contributed by atoms with van der Waals surface area (Å²) in [6.45, 7) is 0. The first kappa shape index (κ1) is 15.0. The lowest BCUT2D eigenvalue weighted by Gasteiger charge is -2.31. The molecule has 0 unspecified atom stereocenters. The number of halogens is 1. The van der Waals surface area contributed by atoms with Crippen molar-refractivity contribution in [3.63, 3.8) is 0 Å². The van der Waals surface area contributed by atoms with Crippen molar-refractivity contribution >= 4 is 17.5 Å². The maximum atomic E-state index is 6.01. The van der Waals surface area contributed by atoms with E-state index < -0.39 is 0 Å². The smallest absolute Gasteiger partial charge is 0.222 e. The fourth-order valence-electron chi connectivity index (χ4n) is 3.14. The topological polar surface area (TPSA) is 52.0 Å². The third-order valence-electron chi connectivity index (χ3n) is 4.40. The number of ether oxygens (including phenoxy) is 1. The van der Waals surface area contributed by atoms with Crippen molar-refractivity contribution in [2.24, 2.45) is 0 Å². The van der Waals surface area contributed by atoms with Gasteiger partial charge in [-0.2, -0.15) is 10.1 Å². The van der Waals surface area contributed by atoms with Gasteiger partial charge in [-0.25, -0.2) is 4.68 Å². The predicted octanol–water partition coefficient (Wildman–Crippen LogP) is 4.09. The standard InChI is InChI=1S/C18H17ClN4O/c1-24-15-8-4-13(5-9-15)17-10-16(12-2-6-14(19)7-3-12)22-18-20-11-21-23(17)18/h2-9,11,16-17H,10H2,1H3,(H,20,21,22)/t16-,17-/m1/s1. The Kier molecular flexibility index (Phi) is 3.86. The molecule has 0 radical (unpaired) electrons. The molecule has 3 aromatic rings. The molecule has 24 heavy (non-hydrogen) atoms. The summed E-state index contributed by atoms with van der Waals surface area (Å²) >= 11 is 6.01. The van der Waals surface area contributed by atoms with E-state index in [0.717, 1.165) is 23.1 Å². The molecule has 0 saturated heterocycles. The number of nitrogens with zero attached hydrogens (tertiary/aromatic N) is 3. The van der Waals surface area contributed by atoms with Crippen molar-refractivity contribution in [3.8, 4) is 5.75 Å². The molecular weight excluding hydrogens is 324 g/mol. The number of aromatic nitrogens is 3. The van der Waals surface area contributed by atoms with Crippen LogP contribution >= 0.6 is 11.6 Å². The van der Waals surface area contributed by atoms with Gasteiger partial charge in [0.2, 0.25) is 5.95 Å². The van der Waals surface area contributed by atoms with Crippen LogP contribution in [0.2, 0.25) is 5.02 Å². The van der Waals surface area contributed by atoms with E-state index in [-0.39, 0.29) is 12.1 Å². The second-order valence-electron chi connectivity index (χ2n) is 5.80. The Morgan fingerprint density at radius 3 is 2.50 bits per heavy atom. The van der Waals surface area contributed by atoms with Gasteiger partial charge in [0.1, 0.15) is 12.1 Å². The molecule has 0 spiro atoms. The SMILES string of the molecule is COc1ccc([C@H]2C[C@H](c3ccc(Cl)cc3)Nc3ncnn32)cc1. The number of anilines is 1. The Morgan fingerprint density at radius 2 is 1.79 bits per heavy atom. The summed E-state index contributed by atoms with van der Waals surface area (Å²) in [5.74, 6) is 1.63. The number of methoxy groups -OCH3 is 1. The van der Waals surface area contributed by atoms with Crippen LogP contribution in [0.1, 0.15) is 29.6 Å². The average Bonchev–Trinajstić information content (AvgIpc) is 3.10. The van der Waals surface area contributed by atoms with Crippen molar-refractivity contribution < 1.29 is 4.74 Å². The molecule has 5 nitrogen and oxygen atoms in total. The van der Waals surface area contributed by atoms with Crippen LogP contribution in [-0.4, -0.2) is 21.9 Å². The summed E-state index contributed by atoms with van der Waals surface area (Å²) in [6.07, 6.45) is 2.47. The lowest BCUT2D eigenvalue weighted by molar-refractivity contribution is 0.411. The van der Waals surface area contributed by atoms with E-state index in [1.165, 1.54) is 11.1 Å². The predicted molar refractivity (Wildman–Crippen MR) is 93.6 cm³/mol. The number of rotatable bonds is 3. The molecule has 1 aromatic heterocycles. The lowest BCUT2D eigenvalue weighted by Crippen LogP contribution is -2.28. The van der Waals surface area contributed by atoms with Gasteiger partial charge in [0.05, 0.1) is 19.2 Å². The Balaban J connectivity index is 1.69. The van der Waals surface area contributed by atoms with E-state index in [0.29, 0.717) is 0 Å². The molecule has 6 heteroatoms. The molecule has 2 heterocycles. The van der Waals surface area contributed by atoms with Gasteiger partial charge in [0.25, 0.3) is 0 Å². The third kappa shape index (κ3) is 2.71. The molecule has 1 N–H and O–H groups in total. The van der Waals surface area contributed by atoms with Gasteiger partial charge >= 0.3 is 0 Å². The molecule has 1 aliphatic rings. The Bertz CT molecular complexity index is 829. The highest BCUT2D eigenvalue weighted by atomic mass is 35.5. The Hall–Kier alpha value is -2.53. The van der Waals surface area contributed by atoms with Gasteiger partial charge in [0, 0.05) is 5.02 Å². The quantitative estimate of drug-likeness (QED) is 0.780. The molecule has 1 aliphatic heterocycles. The molecule has 0 amide bonds. The number of hydrogen-bond acceptors (Lipinski definition) is 4. The van der Waals surface area contributed by atoms with Crippen LogP contribution in [0.4, 0.5) is 5.95 Å². The van der Waals surface area contributed by atoms with E-state index in [2.05, 4.69) is 39.7 Å². The average molecular weight is 341 g/mol. The van der Waals surface area contributed by atoms with E-state index in [4.69, 9.17) is 16.3 Å². The summed E-state index contributed by atoms with van der Waals surface area (Å²) in [5, 5.41) is 8.59. The van der Waals surface area contributed by atoms with Gasteiger partial charge in [0.15, 0.2) is 0 Å². The number of hydrogen-bond donors (Lipinski definition) is 1. The zero-order valence-electron chi connectivity index (χ0n) is 13.2. The highest BCUT2D eigenvalue weighted by Crippen LogP contribution is 2.37. The summed E-state index contributed by atoms with van der Waals surface area (Å²) in [7, 11) is 1.67. The Labute approximate surface area is 145 Å². The molecule has 4 rings (SSSR count). The van der Waals surface area contributed by atoms with Crippen molar-refractivity contribution in [1.29, 1.82) is 0 Å². The zero-order chi connectivity index (χ0) is 16.5. The first-order valence-corrected chi connectivity index (χ1v) is 8.18. The van der Waals surface area contributed by atoms with Gasteiger partial charge in [-0.1, -0.05) is 35.9 Å². The molecule has 0 saturated carbocycles. The monoisotopic (exact) mass is 340 g/mol. The van der Waals surface area contributed by atoms with E-state index in [1.54, 1.807) is 13.4 Å². The normalized spacial score (nSPS) is 19.4. The van der Waals surface area contributed by atoms with Crippen molar-refractivity contribution in [1.82, 2.24) is 14.8 Å². The summed E-state index contributed by atoms with van der Waals surface area (Å²) in [6, 6.07) is 16.3. The van der Waals surface area contributed by atoms with Crippen LogP contribution in [-0.2, 0) is 0 Å². The molecule has 0 fully saturated rings. The van der Waals surface area contributed by atoms with E-state index in [9.17, 15) is 0 Å². The van der Waals surface area contributed by atoms with Gasteiger partial charge in [-0.15, -0.1) is 0 Å². The van der Waals surface area contributed by atoms with Crippen LogP contribution in [0.15, 0.2) is 54.9 Å². The van der Waals surface area contributed by atoms with Gasteiger partial charge < -0.3 is 10.1 Å². The molecule has 122 valence electrons. The fourth-order valence-corrected chi connectivity index (χ4v) is 3.26. The Morgan fingerprint density at radius 1 is 1.08 bits per heavy atom. The summed E-state index contributed by atoms with van der Waals surface area (Å²) < 4.78 is 7.19. The number of fused-ring (bicyclic) bond motifs is 1. The van der Waals surface area contributed by atoms with Crippen molar-refractivity contribution in [2.45, 2.75) is 18.5 Å². The van der Waals surface area contributed by atoms with Crippen LogP contribution in [0.3, 0.4) is 0 Å². The minimum Gasteiger partial charge on any atom is -0.497 e. The number of nitrogens with one attached hydrogen (secondary N) is 1. The maximum absolute atomic E-state index is 6.01. The fraction of sp³-hybridized carbons (Fsp3) is 0.222. The number of benzene rings is 2. The second kappa shape index (κ2) is 6.17. The first-order chi connectivity index (χ1) is 11.7. The molecule has 2 atom stereocenters. The van der Waals surface area contributed by atoms with E-state index >= 15 is 0 Å². The molecule has 0 bridgehead atoms. The second-order valence-corrected chi connectivity index (χ2v) is 6.24. The van der Waals surface area contributed by atoms with Crippen molar-refractivity contribution in [3.05, 3.63) is 71.0 Å². The highest BCUT2D eigenvalue weighted by Gasteiger charge is 2.29. The molecule has 2 aromatic carbocycles. The van der Waals surface area contributed by atoms with Crippen LogP contribution < -0.4 is 10.1 Å². The van der Waals surface area contributed by atoms with Crippen molar-refractivity contribution in [2.75, 3.05) is 12.4 Å². The van der Waals surface area contributed by atoms with Gasteiger partial charge in [-0.05, 0) is 41.8 Å². The van der Waals surface area contributed by atoms with Crippen LogP contribution in [0, 0.1) is 0 Å². The summed E-state index contributed by atoms with van der Waals surface area (Å²) in [4.78, 5) is 4.35. The minimum absolute atomic E-state index is 0.121. The maximum Gasteiger partial charge on any atom is 0.222 e. The third-order valence-corrected chi connectivity index (χ3v) is 4.66. The molecule has 0 aliphatic carbocycles. The lowest BCUT2D eigenvalue weighted by atomic mass is 9.93. The molecular formula is C18H17ClN4O. The summed E-state index contributed by atoms with van der Waals surface area (Å²) in [5.41, 5.74) is 2.37. The van der Waals surface area contributed by atoms with E-state index in [1.807, 2.05) is 28.9 Å².